The number of tetrazole rings is 1. The quantitative estimate of drug-likeness (QED) is 0.279. The Bertz CT molecular complexity index is 2090. The van der Waals surface area contributed by atoms with E-state index in [0.29, 0.717) is 36.4 Å². The number of hydrogen-bond acceptors (Lipinski definition) is 12. The number of hydrogen-bond donors (Lipinski definition) is 3. The lowest BCUT2D eigenvalue weighted by molar-refractivity contribution is -0.141. The standard InChI is InChI=1S/C37H44ClN9O8S/c1-54-26-15-13-23(14-16-26)32-42-45-47(43-32)25-19-30-33(48)41-37(35(50)44-56(52,53)31-21-39-18-17-28(31)38)20-24(37)9-5-3-2-4-6-12-29(34(49)46(30)22-25)40-36(51)55-27-10-7-8-11-27/h5,9,13-18,21,24-25,27,29-30H,2-4,6-8,10-12,19-20,22H2,1H3,(H,40,51)(H,41,48)(H,44,50)/b9-5-/t24-,25-,29-,30+,37+/m1/s1. The minimum atomic E-state index is -4.48. The highest BCUT2D eigenvalue weighted by atomic mass is 35.5. The molecule has 1 aromatic carbocycles. The maximum absolute atomic E-state index is 14.5. The molecule has 17 nitrogen and oxygen atoms in total. The summed E-state index contributed by atoms with van der Waals surface area (Å²) in [6.45, 7) is -0.0123. The zero-order chi connectivity index (χ0) is 39.5. The van der Waals surface area contributed by atoms with Crippen molar-refractivity contribution in [1.82, 2.24) is 45.4 Å². The molecule has 3 fully saturated rings. The van der Waals surface area contributed by atoms with Gasteiger partial charge in [-0.25, -0.2) is 17.9 Å². The molecule has 19 heteroatoms. The number of methoxy groups -OCH3 is 1. The van der Waals surface area contributed by atoms with Gasteiger partial charge < -0.3 is 25.0 Å². The molecular weight excluding hydrogens is 766 g/mol. The number of nitrogens with zero attached hydrogens (tertiary/aromatic N) is 6. The van der Waals surface area contributed by atoms with Crippen molar-refractivity contribution in [3.05, 3.63) is 59.9 Å². The fourth-order valence-electron chi connectivity index (χ4n) is 7.66. The highest BCUT2D eigenvalue weighted by Gasteiger charge is 2.62. The van der Waals surface area contributed by atoms with Gasteiger partial charge in [0.1, 0.15) is 34.4 Å². The van der Waals surface area contributed by atoms with E-state index in [2.05, 4.69) is 35.8 Å². The number of carbonyl (C=O) groups is 4. The van der Waals surface area contributed by atoms with Crippen molar-refractivity contribution in [2.24, 2.45) is 5.92 Å². The highest BCUT2D eigenvalue weighted by Crippen LogP contribution is 2.46. The molecule has 0 radical (unpaired) electrons. The summed E-state index contributed by atoms with van der Waals surface area (Å²) < 4.78 is 39.7. The minimum Gasteiger partial charge on any atom is -0.497 e. The van der Waals surface area contributed by atoms with E-state index in [4.69, 9.17) is 21.1 Å². The van der Waals surface area contributed by atoms with Crippen molar-refractivity contribution in [2.45, 2.75) is 105 Å². The number of sulfonamides is 1. The van der Waals surface area contributed by atoms with Gasteiger partial charge in [0, 0.05) is 36.8 Å². The molecule has 2 aromatic heterocycles. The van der Waals surface area contributed by atoms with Crippen LogP contribution in [-0.2, 0) is 29.1 Å². The second-order valence-electron chi connectivity index (χ2n) is 14.6. The van der Waals surface area contributed by atoms with Crippen LogP contribution in [0.15, 0.2) is 59.8 Å². The highest BCUT2D eigenvalue weighted by molar-refractivity contribution is 7.90. The van der Waals surface area contributed by atoms with Gasteiger partial charge in [-0.1, -0.05) is 36.6 Å². The molecule has 3 aromatic rings. The first kappa shape index (κ1) is 39.1. The van der Waals surface area contributed by atoms with Crippen LogP contribution in [0.25, 0.3) is 11.4 Å². The maximum Gasteiger partial charge on any atom is 0.408 e. The number of allylic oxidation sites excluding steroid dienone is 1. The smallest absolute Gasteiger partial charge is 0.408 e. The summed E-state index contributed by atoms with van der Waals surface area (Å²) in [7, 11) is -2.92. The van der Waals surface area contributed by atoms with Gasteiger partial charge in [0.25, 0.3) is 15.9 Å². The lowest BCUT2D eigenvalue weighted by atomic mass is 10.0. The number of halogens is 1. The van der Waals surface area contributed by atoms with E-state index in [1.807, 2.05) is 12.2 Å². The lowest BCUT2D eigenvalue weighted by Crippen LogP contribution is -2.58. The number of nitrogens with one attached hydrogen (secondary N) is 3. The molecule has 0 spiro atoms. The lowest BCUT2D eigenvalue weighted by Gasteiger charge is -2.30. The zero-order valence-electron chi connectivity index (χ0n) is 30.8. The Labute approximate surface area is 329 Å². The predicted molar refractivity (Wildman–Crippen MR) is 200 cm³/mol. The third-order valence-corrected chi connectivity index (χ3v) is 12.7. The number of aromatic nitrogens is 5. The molecular formula is C37H44ClN9O8S. The third kappa shape index (κ3) is 8.50. The predicted octanol–water partition coefficient (Wildman–Crippen LogP) is 3.48. The first-order valence-electron chi connectivity index (χ1n) is 18.8. The second-order valence-corrected chi connectivity index (χ2v) is 16.7. The van der Waals surface area contributed by atoms with Crippen LogP contribution in [0.3, 0.4) is 0 Å². The third-order valence-electron chi connectivity index (χ3n) is 10.9. The van der Waals surface area contributed by atoms with Crippen LogP contribution in [0.4, 0.5) is 4.79 Å². The molecule has 56 heavy (non-hydrogen) atoms. The van der Waals surface area contributed by atoms with E-state index in [1.54, 1.807) is 31.4 Å². The Morgan fingerprint density at radius 2 is 1.80 bits per heavy atom. The zero-order valence-corrected chi connectivity index (χ0v) is 32.4. The molecule has 2 aliphatic heterocycles. The first-order valence-corrected chi connectivity index (χ1v) is 20.7. The number of amides is 4. The van der Waals surface area contributed by atoms with Crippen LogP contribution in [0.1, 0.15) is 76.7 Å². The monoisotopic (exact) mass is 809 g/mol. The largest absolute Gasteiger partial charge is 0.497 e. The fraction of sp³-hybridized carbons (Fsp3) is 0.514. The first-order chi connectivity index (χ1) is 27.0. The van der Waals surface area contributed by atoms with E-state index < -0.39 is 68.3 Å². The van der Waals surface area contributed by atoms with Crippen molar-refractivity contribution in [3.8, 4) is 17.1 Å². The number of rotatable bonds is 8. The van der Waals surface area contributed by atoms with Crippen LogP contribution < -0.4 is 20.1 Å². The molecule has 4 heterocycles. The van der Waals surface area contributed by atoms with Crippen molar-refractivity contribution >= 4 is 45.4 Å². The average molecular weight is 810 g/mol. The van der Waals surface area contributed by atoms with Gasteiger partial charge in [-0.2, -0.15) is 4.80 Å². The number of fused-ring (bicyclic) bond motifs is 2. The fourth-order valence-corrected chi connectivity index (χ4v) is 9.13. The van der Waals surface area contributed by atoms with E-state index in [1.165, 1.54) is 22.0 Å². The van der Waals surface area contributed by atoms with E-state index in [9.17, 15) is 27.6 Å². The van der Waals surface area contributed by atoms with Crippen LogP contribution in [-0.4, -0.2) is 99.7 Å². The van der Waals surface area contributed by atoms with Crippen molar-refractivity contribution in [2.75, 3.05) is 13.7 Å². The molecule has 3 N–H and O–H groups in total. The van der Waals surface area contributed by atoms with Gasteiger partial charge in [0.05, 0.1) is 18.2 Å². The summed E-state index contributed by atoms with van der Waals surface area (Å²) in [5, 5.41) is 18.6. The van der Waals surface area contributed by atoms with Crippen LogP contribution in [0, 0.1) is 5.92 Å². The van der Waals surface area contributed by atoms with Crippen LogP contribution in [0.2, 0.25) is 5.02 Å². The molecule has 0 bridgehead atoms. The van der Waals surface area contributed by atoms with Crippen molar-refractivity contribution < 1.29 is 37.1 Å². The van der Waals surface area contributed by atoms with Crippen LogP contribution >= 0.6 is 11.6 Å². The number of pyridine rings is 1. The molecule has 5 atom stereocenters. The molecule has 2 saturated carbocycles. The van der Waals surface area contributed by atoms with Crippen molar-refractivity contribution in [3.63, 3.8) is 0 Å². The van der Waals surface area contributed by atoms with Gasteiger partial charge in [-0.05, 0) is 86.9 Å². The Morgan fingerprint density at radius 1 is 1.04 bits per heavy atom. The number of alkyl carbamates (subject to hydrolysis) is 1. The molecule has 7 rings (SSSR count). The SMILES string of the molecule is COc1ccc(-c2nnn([C@@H]3C[C@H]4C(=O)N[C@@]5(C(=O)NS(=O)(=O)c6cnccc6Cl)C[C@H]5/C=C\CCCCC[C@@H](NC(=O)OC5CCCC5)C(=O)N4C3)n2)cc1. The maximum atomic E-state index is 14.5. The number of ether oxygens (including phenoxy) is 2. The Balaban J connectivity index is 1.18. The van der Waals surface area contributed by atoms with Gasteiger partial charge in [0.15, 0.2) is 0 Å². The van der Waals surface area contributed by atoms with E-state index in [0.717, 1.165) is 44.7 Å². The average Bonchev–Trinajstić information content (AvgIpc) is 3.65. The summed E-state index contributed by atoms with van der Waals surface area (Å²) in [4.78, 5) is 62.2. The van der Waals surface area contributed by atoms with E-state index in [-0.39, 0.29) is 30.5 Å². The van der Waals surface area contributed by atoms with Crippen molar-refractivity contribution in [1.29, 1.82) is 0 Å². The molecule has 2 aliphatic carbocycles. The van der Waals surface area contributed by atoms with Gasteiger partial charge in [0.2, 0.25) is 17.6 Å². The molecule has 4 aliphatic rings. The molecule has 1 saturated heterocycles. The van der Waals surface area contributed by atoms with Gasteiger partial charge >= 0.3 is 6.09 Å². The molecule has 298 valence electrons. The summed E-state index contributed by atoms with van der Waals surface area (Å²) in [5.74, 6) is -1.69. The topological polar surface area (TPSA) is 217 Å². The Kier molecular flexibility index (Phi) is 11.6. The second kappa shape index (κ2) is 16.6. The Hall–Kier alpha value is -5.10. The summed E-state index contributed by atoms with van der Waals surface area (Å²) >= 11 is 6.14. The summed E-state index contributed by atoms with van der Waals surface area (Å²) in [5.41, 5.74) is -0.968. The molecule has 4 amide bonds. The van der Waals surface area contributed by atoms with E-state index >= 15 is 0 Å². The van der Waals surface area contributed by atoms with Crippen LogP contribution in [0.5, 0.6) is 5.75 Å². The Morgan fingerprint density at radius 3 is 2.55 bits per heavy atom. The summed E-state index contributed by atoms with van der Waals surface area (Å²) in [6, 6.07) is 5.61. The number of carbonyl (C=O) groups excluding carboxylic acids is 4. The summed E-state index contributed by atoms with van der Waals surface area (Å²) in [6.07, 6.45) is 11.8. The normalized spacial score (nSPS) is 26.5. The van der Waals surface area contributed by atoms with Gasteiger partial charge in [-0.15, -0.1) is 10.2 Å². The van der Waals surface area contributed by atoms with Gasteiger partial charge in [-0.3, -0.25) is 19.4 Å². The minimum absolute atomic E-state index is 0.0123. The molecule has 0 unspecified atom stereocenters. The number of benzene rings is 1.